The van der Waals surface area contributed by atoms with Crippen molar-refractivity contribution in [3.63, 3.8) is 0 Å². The molecule has 3 rings (SSSR count). The average molecular weight is 372 g/mol. The molecule has 0 spiro atoms. The standard InChI is InChI=1S/C21H28N2O4/c1-13(22-21(24)12-18-14(2)23-27-15(18)3)16-9-10-19(20(11-16)25-4)26-17-7-5-6-8-17/h9-11,13,17H,5-8,12H2,1-4H3,(H,22,24). The van der Waals surface area contributed by atoms with E-state index in [1.165, 1.54) is 12.8 Å². The van der Waals surface area contributed by atoms with Gasteiger partial charge < -0.3 is 19.3 Å². The van der Waals surface area contributed by atoms with Crippen LogP contribution >= 0.6 is 0 Å². The molecule has 146 valence electrons. The lowest BCUT2D eigenvalue weighted by molar-refractivity contribution is -0.121. The van der Waals surface area contributed by atoms with E-state index in [9.17, 15) is 4.79 Å². The molecular formula is C21H28N2O4. The van der Waals surface area contributed by atoms with Crippen LogP contribution in [0, 0.1) is 13.8 Å². The van der Waals surface area contributed by atoms with Crippen LogP contribution in [0.4, 0.5) is 0 Å². The van der Waals surface area contributed by atoms with E-state index in [-0.39, 0.29) is 24.5 Å². The van der Waals surface area contributed by atoms with Gasteiger partial charge >= 0.3 is 0 Å². The highest BCUT2D eigenvalue weighted by atomic mass is 16.5. The first-order valence-corrected chi connectivity index (χ1v) is 9.53. The number of benzene rings is 1. The molecule has 1 unspecified atom stereocenters. The smallest absolute Gasteiger partial charge is 0.225 e. The van der Waals surface area contributed by atoms with Crippen molar-refractivity contribution in [2.75, 3.05) is 7.11 Å². The zero-order valence-electron chi connectivity index (χ0n) is 16.5. The van der Waals surface area contributed by atoms with E-state index < -0.39 is 0 Å². The van der Waals surface area contributed by atoms with Crippen molar-refractivity contribution in [3.8, 4) is 11.5 Å². The molecule has 2 aromatic rings. The molecule has 1 amide bonds. The number of hydrogen-bond donors (Lipinski definition) is 1. The Labute approximate surface area is 160 Å². The molecule has 0 saturated heterocycles. The fraction of sp³-hybridized carbons (Fsp3) is 0.524. The second kappa shape index (κ2) is 8.46. The average Bonchev–Trinajstić information content (AvgIpc) is 3.27. The Hall–Kier alpha value is -2.50. The third kappa shape index (κ3) is 4.62. The number of ether oxygens (including phenoxy) is 2. The maximum atomic E-state index is 12.4. The first kappa shape index (κ1) is 19.3. The van der Waals surface area contributed by atoms with Crippen LogP contribution in [0.2, 0.25) is 0 Å². The van der Waals surface area contributed by atoms with Gasteiger partial charge in [-0.1, -0.05) is 11.2 Å². The van der Waals surface area contributed by atoms with Crippen LogP contribution in [0.3, 0.4) is 0 Å². The second-order valence-electron chi connectivity index (χ2n) is 7.20. The van der Waals surface area contributed by atoms with Crippen LogP contribution in [-0.2, 0) is 11.2 Å². The molecule has 1 atom stereocenters. The minimum absolute atomic E-state index is 0.0675. The summed E-state index contributed by atoms with van der Waals surface area (Å²) in [7, 11) is 1.64. The molecule has 0 bridgehead atoms. The van der Waals surface area contributed by atoms with Crippen molar-refractivity contribution in [1.82, 2.24) is 10.5 Å². The van der Waals surface area contributed by atoms with E-state index in [2.05, 4.69) is 10.5 Å². The van der Waals surface area contributed by atoms with Crippen LogP contribution in [-0.4, -0.2) is 24.3 Å². The van der Waals surface area contributed by atoms with E-state index in [1.54, 1.807) is 7.11 Å². The van der Waals surface area contributed by atoms with E-state index in [4.69, 9.17) is 14.0 Å². The lowest BCUT2D eigenvalue weighted by Crippen LogP contribution is -2.28. The third-order valence-corrected chi connectivity index (χ3v) is 5.18. The van der Waals surface area contributed by atoms with E-state index >= 15 is 0 Å². The van der Waals surface area contributed by atoms with E-state index in [1.807, 2.05) is 39.0 Å². The summed E-state index contributed by atoms with van der Waals surface area (Å²) in [5.74, 6) is 2.08. The number of carbonyl (C=O) groups is 1. The molecule has 0 radical (unpaired) electrons. The molecule has 6 heteroatoms. The fourth-order valence-corrected chi connectivity index (χ4v) is 3.53. The maximum Gasteiger partial charge on any atom is 0.225 e. The lowest BCUT2D eigenvalue weighted by atomic mass is 10.1. The normalized spacial score (nSPS) is 15.6. The first-order chi connectivity index (χ1) is 13.0. The number of nitrogens with zero attached hydrogens (tertiary/aromatic N) is 1. The Balaban J connectivity index is 1.65. The summed E-state index contributed by atoms with van der Waals surface area (Å²) in [6, 6.07) is 5.70. The van der Waals surface area contributed by atoms with Gasteiger partial charge in [0.05, 0.1) is 31.4 Å². The van der Waals surface area contributed by atoms with Gasteiger partial charge in [-0.05, 0) is 64.2 Å². The zero-order valence-corrected chi connectivity index (χ0v) is 16.5. The predicted molar refractivity (Wildman–Crippen MR) is 102 cm³/mol. The number of nitrogens with one attached hydrogen (secondary N) is 1. The van der Waals surface area contributed by atoms with Crippen molar-refractivity contribution in [3.05, 3.63) is 40.8 Å². The minimum atomic E-state index is -0.146. The quantitative estimate of drug-likeness (QED) is 0.794. The van der Waals surface area contributed by atoms with Gasteiger partial charge in [-0.2, -0.15) is 0 Å². The van der Waals surface area contributed by atoms with Gasteiger partial charge in [-0.3, -0.25) is 4.79 Å². The summed E-state index contributed by atoms with van der Waals surface area (Å²) < 4.78 is 16.7. The Morgan fingerprint density at radius 1 is 1.30 bits per heavy atom. The highest BCUT2D eigenvalue weighted by molar-refractivity contribution is 5.79. The van der Waals surface area contributed by atoms with Crippen LogP contribution < -0.4 is 14.8 Å². The van der Waals surface area contributed by atoms with Gasteiger partial charge in [0.15, 0.2) is 11.5 Å². The Bertz CT molecular complexity index is 774. The number of rotatable bonds is 7. The fourth-order valence-electron chi connectivity index (χ4n) is 3.53. The van der Waals surface area contributed by atoms with Crippen molar-refractivity contribution < 1.29 is 18.8 Å². The highest BCUT2D eigenvalue weighted by Gasteiger charge is 2.20. The maximum absolute atomic E-state index is 12.4. The Morgan fingerprint density at radius 2 is 2.04 bits per heavy atom. The molecular weight excluding hydrogens is 344 g/mol. The summed E-state index contributed by atoms with van der Waals surface area (Å²) in [6.07, 6.45) is 5.17. The molecule has 6 nitrogen and oxygen atoms in total. The van der Waals surface area contributed by atoms with E-state index in [0.29, 0.717) is 11.5 Å². The van der Waals surface area contributed by atoms with Gasteiger partial charge in [0.2, 0.25) is 5.91 Å². The van der Waals surface area contributed by atoms with Crippen molar-refractivity contribution in [2.45, 2.75) is 65.0 Å². The molecule has 1 aliphatic carbocycles. The molecule has 1 aliphatic rings. The van der Waals surface area contributed by atoms with Gasteiger partial charge in [-0.15, -0.1) is 0 Å². The number of aromatic nitrogens is 1. The molecule has 1 N–H and O–H groups in total. The molecule has 1 aromatic carbocycles. The summed E-state index contributed by atoms with van der Waals surface area (Å²) in [6.45, 7) is 5.62. The largest absolute Gasteiger partial charge is 0.493 e. The highest BCUT2D eigenvalue weighted by Crippen LogP contribution is 2.33. The molecule has 27 heavy (non-hydrogen) atoms. The van der Waals surface area contributed by atoms with E-state index in [0.717, 1.165) is 35.4 Å². The minimum Gasteiger partial charge on any atom is -0.493 e. The predicted octanol–water partition coefficient (Wildman–Crippen LogP) is 4.04. The summed E-state index contributed by atoms with van der Waals surface area (Å²) in [5, 5.41) is 6.92. The Kier molecular flexibility index (Phi) is 6.04. The topological polar surface area (TPSA) is 73.6 Å². The first-order valence-electron chi connectivity index (χ1n) is 9.53. The van der Waals surface area contributed by atoms with Gasteiger partial charge in [0.25, 0.3) is 0 Å². The number of methoxy groups -OCH3 is 1. The Morgan fingerprint density at radius 3 is 2.67 bits per heavy atom. The van der Waals surface area contributed by atoms with Crippen LogP contribution in [0.1, 0.15) is 61.2 Å². The SMILES string of the molecule is COc1cc(C(C)NC(=O)Cc2c(C)noc2C)ccc1OC1CCCC1. The summed E-state index contributed by atoms with van der Waals surface area (Å²) >= 11 is 0. The zero-order chi connectivity index (χ0) is 19.4. The molecule has 1 fully saturated rings. The van der Waals surface area contributed by atoms with Crippen molar-refractivity contribution in [1.29, 1.82) is 0 Å². The second-order valence-corrected chi connectivity index (χ2v) is 7.20. The lowest BCUT2D eigenvalue weighted by Gasteiger charge is -2.19. The molecule has 1 heterocycles. The van der Waals surface area contributed by atoms with Crippen molar-refractivity contribution in [2.24, 2.45) is 0 Å². The summed E-state index contributed by atoms with van der Waals surface area (Å²) in [4.78, 5) is 12.4. The van der Waals surface area contributed by atoms with Crippen LogP contribution in [0.15, 0.2) is 22.7 Å². The van der Waals surface area contributed by atoms with Gasteiger partial charge in [-0.25, -0.2) is 0 Å². The number of hydrogen-bond acceptors (Lipinski definition) is 5. The summed E-state index contributed by atoms with van der Waals surface area (Å²) in [5.41, 5.74) is 2.57. The molecule has 0 aliphatic heterocycles. The molecule has 1 saturated carbocycles. The molecule has 1 aromatic heterocycles. The van der Waals surface area contributed by atoms with Gasteiger partial charge in [0.1, 0.15) is 5.76 Å². The monoisotopic (exact) mass is 372 g/mol. The third-order valence-electron chi connectivity index (χ3n) is 5.18. The van der Waals surface area contributed by atoms with Crippen LogP contribution in [0.5, 0.6) is 11.5 Å². The van der Waals surface area contributed by atoms with Crippen molar-refractivity contribution >= 4 is 5.91 Å². The van der Waals surface area contributed by atoms with Crippen LogP contribution in [0.25, 0.3) is 0 Å². The number of amides is 1. The number of aryl methyl sites for hydroxylation is 2. The van der Waals surface area contributed by atoms with Gasteiger partial charge in [0, 0.05) is 5.56 Å². The number of carbonyl (C=O) groups excluding carboxylic acids is 1.